The summed E-state index contributed by atoms with van der Waals surface area (Å²) in [6.07, 6.45) is 7.57. The van der Waals surface area contributed by atoms with E-state index in [1.165, 1.54) is 63.5 Å². The zero-order valence-corrected chi connectivity index (χ0v) is 16.2. The van der Waals surface area contributed by atoms with Crippen molar-refractivity contribution < 1.29 is 9.32 Å². The summed E-state index contributed by atoms with van der Waals surface area (Å²) in [7, 11) is 0. The Hall–Kier alpha value is -1.08. The number of rotatable bonds is 9. The van der Waals surface area contributed by atoms with Gasteiger partial charge in [0, 0.05) is 6.04 Å². The lowest BCUT2D eigenvalue weighted by atomic mass is 9.92. The van der Waals surface area contributed by atoms with Crippen molar-refractivity contribution in [2.75, 3.05) is 25.4 Å². The summed E-state index contributed by atoms with van der Waals surface area (Å²) in [6.45, 7) is 7.69. The highest BCUT2D eigenvalue weighted by Gasteiger charge is 2.55. The van der Waals surface area contributed by atoms with Gasteiger partial charge in [0.05, 0.1) is 11.5 Å². The Bertz CT molecular complexity index is 569. The summed E-state index contributed by atoms with van der Waals surface area (Å²) in [5.74, 6) is 2.41. The van der Waals surface area contributed by atoms with Crippen molar-refractivity contribution in [3.63, 3.8) is 0 Å². The van der Waals surface area contributed by atoms with Gasteiger partial charge in [0.15, 0.2) is 5.82 Å². The van der Waals surface area contributed by atoms with Gasteiger partial charge in [0.2, 0.25) is 11.8 Å². The normalized spacial score (nSPS) is 22.2. The number of thioether (sulfide) groups is 1. The van der Waals surface area contributed by atoms with Gasteiger partial charge < -0.3 is 14.7 Å². The van der Waals surface area contributed by atoms with Crippen LogP contribution in [0.2, 0.25) is 0 Å². The molecule has 2 aliphatic rings. The van der Waals surface area contributed by atoms with Gasteiger partial charge >= 0.3 is 0 Å². The van der Waals surface area contributed by atoms with E-state index in [0.29, 0.717) is 34.7 Å². The number of aromatic nitrogens is 2. The van der Waals surface area contributed by atoms with Crippen molar-refractivity contribution in [2.45, 2.75) is 64.2 Å². The predicted molar refractivity (Wildman–Crippen MR) is 99.4 cm³/mol. The number of piperidine rings is 1. The molecule has 1 amide bonds. The van der Waals surface area contributed by atoms with Crippen LogP contribution in [0.15, 0.2) is 4.52 Å². The first-order valence-electron chi connectivity index (χ1n) is 9.50. The van der Waals surface area contributed by atoms with Crippen molar-refractivity contribution >= 4 is 17.7 Å². The largest absolute Gasteiger partial charge is 0.352 e. The van der Waals surface area contributed by atoms with E-state index in [2.05, 4.69) is 27.3 Å². The summed E-state index contributed by atoms with van der Waals surface area (Å²) in [5.41, 5.74) is 0.394. The summed E-state index contributed by atoms with van der Waals surface area (Å²) in [5, 5.41) is 6.98. The van der Waals surface area contributed by atoms with Crippen molar-refractivity contribution in [1.29, 1.82) is 0 Å². The number of unbranched alkanes of at least 4 members (excludes halogenated alkanes) is 2. The summed E-state index contributed by atoms with van der Waals surface area (Å²) in [6, 6.07) is 0.393. The van der Waals surface area contributed by atoms with Crippen LogP contribution in [0.25, 0.3) is 0 Å². The maximum absolute atomic E-state index is 12.1. The second-order valence-electron chi connectivity index (χ2n) is 7.46. The lowest BCUT2D eigenvalue weighted by Crippen LogP contribution is -2.39. The number of nitrogens with one attached hydrogen (secondary N) is 1. The van der Waals surface area contributed by atoms with Crippen LogP contribution in [0.5, 0.6) is 0 Å². The standard InChI is InChI=1S/C18H30N4O2S/c1-3-4-5-8-22-9-6-18(7-10-22)11-15(18)20-16(23)12-25-13-17-19-14(2)21-24-17/h15H,3-13H2,1-2H3,(H,20,23). The van der Waals surface area contributed by atoms with Crippen LogP contribution < -0.4 is 5.32 Å². The lowest BCUT2D eigenvalue weighted by molar-refractivity contribution is -0.118. The Kier molecular flexibility index (Phi) is 6.39. The average Bonchev–Trinajstić information content (AvgIpc) is 3.06. The average molecular weight is 367 g/mol. The van der Waals surface area contributed by atoms with E-state index in [1.54, 1.807) is 6.92 Å². The molecule has 1 aromatic rings. The molecule has 1 aliphatic carbocycles. The Balaban J connectivity index is 1.30. The second kappa shape index (κ2) is 8.54. The molecular weight excluding hydrogens is 336 g/mol. The van der Waals surface area contributed by atoms with Gasteiger partial charge in [-0.3, -0.25) is 4.79 Å². The molecule has 2 fully saturated rings. The SMILES string of the molecule is CCCCCN1CCC2(CC1)CC2NC(=O)CSCc1nc(C)no1. The molecule has 0 aromatic carbocycles. The molecule has 3 rings (SSSR count). The summed E-state index contributed by atoms with van der Waals surface area (Å²) < 4.78 is 5.06. The second-order valence-corrected chi connectivity index (χ2v) is 8.45. The number of hydrogen-bond donors (Lipinski definition) is 1. The number of likely N-dealkylation sites (tertiary alicyclic amines) is 1. The highest BCUT2D eigenvalue weighted by molar-refractivity contribution is 7.99. The van der Waals surface area contributed by atoms with Gasteiger partial charge in [-0.05, 0) is 57.7 Å². The Morgan fingerprint density at radius 2 is 2.20 bits per heavy atom. The number of aryl methyl sites for hydroxylation is 1. The molecule has 7 heteroatoms. The smallest absolute Gasteiger partial charge is 0.236 e. The number of carbonyl (C=O) groups excluding carboxylic acids is 1. The molecule has 1 aromatic heterocycles. The van der Waals surface area contributed by atoms with Gasteiger partial charge in [-0.25, -0.2) is 0 Å². The summed E-state index contributed by atoms with van der Waals surface area (Å²) >= 11 is 1.53. The molecule has 0 radical (unpaired) electrons. The van der Waals surface area contributed by atoms with Crippen molar-refractivity contribution in [2.24, 2.45) is 5.41 Å². The first-order valence-corrected chi connectivity index (χ1v) is 10.7. The van der Waals surface area contributed by atoms with Gasteiger partial charge in [0.1, 0.15) is 0 Å². The first-order chi connectivity index (χ1) is 12.1. The number of carbonyl (C=O) groups is 1. The van der Waals surface area contributed by atoms with Gasteiger partial charge in [-0.1, -0.05) is 24.9 Å². The van der Waals surface area contributed by atoms with E-state index < -0.39 is 0 Å². The molecule has 25 heavy (non-hydrogen) atoms. The van der Waals surface area contributed by atoms with E-state index in [9.17, 15) is 4.79 Å². The molecule has 2 heterocycles. The fourth-order valence-corrected chi connectivity index (χ4v) is 4.44. The van der Waals surface area contributed by atoms with Crippen LogP contribution in [-0.4, -0.2) is 52.4 Å². The van der Waals surface area contributed by atoms with Crippen LogP contribution in [0.1, 0.15) is 57.2 Å². The van der Waals surface area contributed by atoms with Crippen LogP contribution >= 0.6 is 11.8 Å². The minimum Gasteiger partial charge on any atom is -0.352 e. The van der Waals surface area contributed by atoms with Gasteiger partial charge in [0.25, 0.3) is 0 Å². The molecule has 1 aliphatic heterocycles. The third-order valence-corrected chi connectivity index (χ3v) is 6.40. The van der Waals surface area contributed by atoms with Crippen molar-refractivity contribution in [1.82, 2.24) is 20.4 Å². The fraction of sp³-hybridized carbons (Fsp3) is 0.833. The number of hydrogen-bond acceptors (Lipinski definition) is 6. The molecule has 1 atom stereocenters. The molecule has 1 unspecified atom stereocenters. The van der Waals surface area contributed by atoms with E-state index in [1.807, 2.05) is 0 Å². The van der Waals surface area contributed by atoms with Crippen LogP contribution in [0.4, 0.5) is 0 Å². The van der Waals surface area contributed by atoms with Crippen molar-refractivity contribution in [3.8, 4) is 0 Å². The zero-order valence-electron chi connectivity index (χ0n) is 15.4. The Labute approximate surface area is 154 Å². The minimum absolute atomic E-state index is 0.133. The van der Waals surface area contributed by atoms with Crippen LogP contribution in [0, 0.1) is 12.3 Å². The van der Waals surface area contributed by atoms with E-state index >= 15 is 0 Å². The van der Waals surface area contributed by atoms with Gasteiger partial charge in [-0.2, -0.15) is 4.98 Å². The van der Waals surface area contributed by atoms with Gasteiger partial charge in [-0.15, -0.1) is 11.8 Å². The quantitative estimate of drug-likeness (QED) is 0.678. The van der Waals surface area contributed by atoms with E-state index in [-0.39, 0.29) is 5.91 Å². The maximum atomic E-state index is 12.1. The van der Waals surface area contributed by atoms with Crippen LogP contribution in [0.3, 0.4) is 0 Å². The van der Waals surface area contributed by atoms with Crippen LogP contribution in [-0.2, 0) is 10.5 Å². The number of nitrogens with zero attached hydrogens (tertiary/aromatic N) is 3. The molecule has 6 nitrogen and oxygen atoms in total. The third-order valence-electron chi connectivity index (χ3n) is 5.48. The molecule has 1 spiro atoms. The topological polar surface area (TPSA) is 71.3 Å². The molecule has 140 valence electrons. The highest BCUT2D eigenvalue weighted by Crippen LogP contribution is 2.53. The molecule has 0 bridgehead atoms. The monoisotopic (exact) mass is 366 g/mol. The number of amides is 1. The molecule has 1 saturated carbocycles. The maximum Gasteiger partial charge on any atom is 0.236 e. The minimum atomic E-state index is 0.133. The molecule has 1 N–H and O–H groups in total. The summed E-state index contributed by atoms with van der Waals surface area (Å²) in [4.78, 5) is 18.9. The Morgan fingerprint density at radius 1 is 1.40 bits per heavy atom. The van der Waals surface area contributed by atoms with E-state index in [4.69, 9.17) is 4.52 Å². The molecule has 1 saturated heterocycles. The highest BCUT2D eigenvalue weighted by atomic mass is 32.2. The fourth-order valence-electron chi connectivity index (χ4n) is 3.78. The third kappa shape index (κ3) is 5.20. The first kappa shape index (κ1) is 18.7. The van der Waals surface area contributed by atoms with Crippen molar-refractivity contribution in [3.05, 3.63) is 11.7 Å². The zero-order chi connectivity index (χ0) is 17.7. The lowest BCUT2D eigenvalue weighted by Gasteiger charge is -2.32. The predicted octanol–water partition coefficient (Wildman–Crippen LogP) is 2.77. The Morgan fingerprint density at radius 3 is 2.88 bits per heavy atom. The molecular formula is C18H30N4O2S. The van der Waals surface area contributed by atoms with E-state index in [0.717, 1.165) is 6.42 Å².